The van der Waals surface area contributed by atoms with Crippen LogP contribution in [0, 0.1) is 0 Å². The van der Waals surface area contributed by atoms with Crippen LogP contribution in [0.1, 0.15) is 37.4 Å². The third-order valence-corrected chi connectivity index (χ3v) is 7.35. The minimum absolute atomic E-state index is 0.365. The smallest absolute Gasteiger partial charge is 0.379 e. The van der Waals surface area contributed by atoms with Crippen LogP contribution in [-0.4, -0.2) is 60.1 Å². The highest BCUT2D eigenvalue weighted by Gasteiger charge is 2.31. The number of benzene rings is 1. The van der Waals surface area contributed by atoms with Crippen LogP contribution in [0.2, 0.25) is 0 Å². The minimum Gasteiger partial charge on any atom is -0.379 e. The zero-order valence-electron chi connectivity index (χ0n) is 20.8. The van der Waals surface area contributed by atoms with Crippen molar-refractivity contribution in [2.75, 3.05) is 43.2 Å². The predicted molar refractivity (Wildman–Crippen MR) is 137 cm³/mol. The maximum Gasteiger partial charge on any atom is 0.416 e. The Hall–Kier alpha value is -2.92. The second-order valence-electron chi connectivity index (χ2n) is 9.61. The Kier molecular flexibility index (Phi) is 7.52. The lowest BCUT2D eigenvalue weighted by Crippen LogP contribution is -2.43. The van der Waals surface area contributed by atoms with Crippen molar-refractivity contribution in [2.45, 2.75) is 44.6 Å². The highest BCUT2D eigenvalue weighted by atomic mass is 19.4. The number of morpholine rings is 1. The Morgan fingerprint density at radius 2 is 1.89 bits per heavy atom. The summed E-state index contributed by atoms with van der Waals surface area (Å²) in [6.45, 7) is 5.82. The number of hydrogen-bond donors (Lipinski definition) is 3. The molecule has 198 valence electrons. The number of rotatable bonds is 6. The molecule has 1 saturated heterocycles. The Morgan fingerprint density at radius 3 is 2.51 bits per heavy atom. The molecular formula is C27H32F3N5O2. The largest absolute Gasteiger partial charge is 0.416 e. The Labute approximate surface area is 214 Å². The van der Waals surface area contributed by atoms with Crippen LogP contribution in [0.3, 0.4) is 0 Å². The van der Waals surface area contributed by atoms with Gasteiger partial charge in [0.2, 0.25) is 0 Å². The molecule has 0 radical (unpaired) electrons. The van der Waals surface area contributed by atoms with Gasteiger partial charge in [0.15, 0.2) is 0 Å². The molecular weight excluding hydrogens is 483 g/mol. The number of nitrogens with zero attached hydrogens (tertiary/aromatic N) is 3. The van der Waals surface area contributed by atoms with Gasteiger partial charge in [0.25, 0.3) is 0 Å². The molecule has 1 aromatic carbocycles. The van der Waals surface area contributed by atoms with Crippen molar-refractivity contribution in [1.82, 2.24) is 15.3 Å². The molecule has 1 aliphatic carbocycles. The molecule has 3 N–H and O–H groups in total. The topological polar surface area (TPSA) is 72.9 Å². The second kappa shape index (κ2) is 10.8. The van der Waals surface area contributed by atoms with E-state index in [-0.39, 0.29) is 0 Å². The molecule has 0 amide bonds. The van der Waals surface area contributed by atoms with Crippen molar-refractivity contribution in [2.24, 2.45) is 0 Å². The number of pyridine rings is 1. The summed E-state index contributed by atoms with van der Waals surface area (Å²) in [4.78, 5) is 7.14. The fourth-order valence-electron chi connectivity index (χ4n) is 5.17. The number of alkyl halides is 3. The summed E-state index contributed by atoms with van der Waals surface area (Å²) >= 11 is 0. The monoisotopic (exact) mass is 515 g/mol. The molecule has 10 heteroatoms. The Balaban J connectivity index is 1.19. The summed E-state index contributed by atoms with van der Waals surface area (Å²) in [6.07, 6.45) is 1.79. The lowest BCUT2D eigenvalue weighted by molar-refractivity contribution is -0.137. The molecule has 0 saturated carbocycles. The summed E-state index contributed by atoms with van der Waals surface area (Å²) in [5.41, 5.74) is 7.31. The van der Waals surface area contributed by atoms with Gasteiger partial charge in [-0.25, -0.2) is 5.43 Å². The van der Waals surface area contributed by atoms with E-state index in [0.717, 1.165) is 69.1 Å². The number of ether oxygens (including phenoxy) is 1. The van der Waals surface area contributed by atoms with E-state index in [2.05, 4.69) is 26.7 Å². The second-order valence-corrected chi connectivity index (χ2v) is 9.61. The van der Waals surface area contributed by atoms with E-state index < -0.39 is 18.0 Å². The first kappa shape index (κ1) is 25.7. The number of halogens is 3. The summed E-state index contributed by atoms with van der Waals surface area (Å²) in [5.74, 6) is 0. The molecule has 2 atom stereocenters. The molecule has 1 fully saturated rings. The van der Waals surface area contributed by atoms with Gasteiger partial charge in [-0.2, -0.15) is 13.2 Å². The van der Waals surface area contributed by atoms with Crippen LogP contribution < -0.4 is 15.8 Å². The van der Waals surface area contributed by atoms with E-state index >= 15 is 0 Å². The van der Waals surface area contributed by atoms with E-state index in [9.17, 15) is 18.3 Å². The van der Waals surface area contributed by atoms with Gasteiger partial charge in [-0.1, -0.05) is 6.08 Å². The molecule has 2 aromatic rings. The first-order chi connectivity index (χ1) is 17.8. The van der Waals surface area contributed by atoms with Crippen LogP contribution in [0.5, 0.6) is 0 Å². The van der Waals surface area contributed by atoms with E-state index in [1.165, 1.54) is 17.7 Å². The van der Waals surface area contributed by atoms with Gasteiger partial charge in [-0.15, -0.1) is 0 Å². The summed E-state index contributed by atoms with van der Waals surface area (Å²) in [6, 6.07) is 9.37. The van der Waals surface area contributed by atoms with Crippen molar-refractivity contribution in [3.63, 3.8) is 0 Å². The number of allylic oxidation sites excluding steroid dienone is 2. The molecule has 3 heterocycles. The third kappa shape index (κ3) is 5.82. The van der Waals surface area contributed by atoms with Crippen molar-refractivity contribution in [3.8, 4) is 0 Å². The van der Waals surface area contributed by atoms with Gasteiger partial charge >= 0.3 is 6.18 Å². The molecule has 2 aliphatic heterocycles. The van der Waals surface area contributed by atoms with Gasteiger partial charge in [0.05, 0.1) is 42.0 Å². The molecule has 0 bridgehead atoms. The zero-order chi connectivity index (χ0) is 26.0. The average molecular weight is 516 g/mol. The Morgan fingerprint density at radius 1 is 1.14 bits per heavy atom. The number of aliphatic hydroxyl groups excluding tert-OH is 1. The lowest BCUT2D eigenvalue weighted by Gasteiger charge is -2.36. The summed E-state index contributed by atoms with van der Waals surface area (Å²) in [7, 11) is 0. The molecule has 3 aliphatic rings. The minimum atomic E-state index is -4.38. The highest BCUT2D eigenvalue weighted by Crippen LogP contribution is 2.33. The van der Waals surface area contributed by atoms with Crippen LogP contribution in [0.25, 0.3) is 5.57 Å². The van der Waals surface area contributed by atoms with Crippen molar-refractivity contribution >= 4 is 16.9 Å². The SMILES string of the molecule is CC1=C(C(O)Nc2ccc(C3=CCC(N4CCOCC4)CC3)nc2)CNN1c1ccc(C(F)(F)F)cc1. The van der Waals surface area contributed by atoms with E-state index in [1.54, 1.807) is 11.2 Å². The molecule has 7 nitrogen and oxygen atoms in total. The van der Waals surface area contributed by atoms with Crippen LogP contribution in [0.4, 0.5) is 24.5 Å². The van der Waals surface area contributed by atoms with Gasteiger partial charge in [-0.3, -0.25) is 14.9 Å². The van der Waals surface area contributed by atoms with Crippen LogP contribution in [-0.2, 0) is 10.9 Å². The first-order valence-electron chi connectivity index (χ1n) is 12.6. The summed E-state index contributed by atoms with van der Waals surface area (Å²) < 4.78 is 44.1. The zero-order valence-corrected chi connectivity index (χ0v) is 20.8. The van der Waals surface area contributed by atoms with E-state index in [4.69, 9.17) is 4.74 Å². The van der Waals surface area contributed by atoms with E-state index in [0.29, 0.717) is 29.5 Å². The van der Waals surface area contributed by atoms with Gasteiger partial charge in [-0.05, 0) is 68.2 Å². The fourth-order valence-corrected chi connectivity index (χ4v) is 5.17. The fraction of sp³-hybridized carbons (Fsp3) is 0.444. The van der Waals surface area contributed by atoms with Gasteiger partial charge < -0.3 is 15.2 Å². The molecule has 37 heavy (non-hydrogen) atoms. The Bertz CT molecular complexity index is 1140. The van der Waals surface area contributed by atoms with Gasteiger partial charge in [0.1, 0.15) is 6.23 Å². The normalized spacial score (nSPS) is 22.2. The molecule has 5 rings (SSSR count). The lowest BCUT2D eigenvalue weighted by atomic mass is 9.92. The van der Waals surface area contributed by atoms with Gasteiger partial charge in [0, 0.05) is 36.9 Å². The average Bonchev–Trinajstić information content (AvgIpc) is 3.30. The van der Waals surface area contributed by atoms with Crippen molar-refractivity contribution in [1.29, 1.82) is 0 Å². The maximum absolute atomic E-state index is 12.9. The number of anilines is 2. The summed E-state index contributed by atoms with van der Waals surface area (Å²) in [5, 5.41) is 15.6. The molecule has 0 spiro atoms. The van der Waals surface area contributed by atoms with Crippen LogP contribution in [0.15, 0.2) is 59.9 Å². The standard InChI is InChI=1S/C27H32F3N5O2/c1-18-24(17-32-35(18)23-9-4-20(5-10-23)27(28,29)30)26(36)33-21-6-11-25(31-16-21)19-2-7-22(8-3-19)34-12-14-37-15-13-34/h2,4-6,9-11,16,22,26,32-33,36H,3,7-8,12-15,17H2,1H3. The number of aliphatic hydroxyl groups is 1. The number of aromatic nitrogens is 1. The molecule has 2 unspecified atom stereocenters. The van der Waals surface area contributed by atoms with E-state index in [1.807, 2.05) is 19.1 Å². The highest BCUT2D eigenvalue weighted by molar-refractivity contribution is 5.65. The maximum atomic E-state index is 12.9. The number of hydrazine groups is 1. The van der Waals surface area contributed by atoms with Crippen molar-refractivity contribution < 1.29 is 23.0 Å². The number of hydrogen-bond acceptors (Lipinski definition) is 7. The molecule has 1 aromatic heterocycles. The quantitative estimate of drug-likeness (QED) is 0.493. The van der Waals surface area contributed by atoms with Crippen LogP contribution >= 0.6 is 0 Å². The predicted octanol–water partition coefficient (Wildman–Crippen LogP) is 4.40. The first-order valence-corrected chi connectivity index (χ1v) is 12.6. The third-order valence-electron chi connectivity index (χ3n) is 7.35. The number of nitrogens with one attached hydrogen (secondary N) is 2. The van der Waals surface area contributed by atoms with Crippen molar-refractivity contribution in [3.05, 3.63) is 71.2 Å².